The molecule has 0 spiro atoms. The van der Waals surface area contributed by atoms with Crippen LogP contribution < -0.4 is 0 Å². The first-order chi connectivity index (χ1) is 9.97. The third kappa shape index (κ3) is 4.65. The average molecular weight is 449 g/mol. The van der Waals surface area contributed by atoms with Gasteiger partial charge in [0.15, 0.2) is 10.3 Å². The van der Waals surface area contributed by atoms with Crippen molar-refractivity contribution in [3.63, 3.8) is 0 Å². The van der Waals surface area contributed by atoms with E-state index in [0.717, 1.165) is 25.6 Å². The molecule has 0 saturated carbocycles. The zero-order valence-electron chi connectivity index (χ0n) is 10.9. The maximum absolute atomic E-state index is 6.17. The first kappa shape index (κ1) is 16.7. The first-order valence-corrected chi connectivity index (χ1v) is 8.30. The van der Waals surface area contributed by atoms with E-state index < -0.39 is 0 Å². The summed E-state index contributed by atoms with van der Waals surface area (Å²) in [6.07, 6.45) is 0. The molecule has 0 aromatic heterocycles. The second kappa shape index (κ2) is 7.54. The zero-order chi connectivity index (χ0) is 15.4. The van der Waals surface area contributed by atoms with E-state index >= 15 is 0 Å². The van der Waals surface area contributed by atoms with E-state index in [2.05, 4.69) is 42.1 Å². The Hall–Kier alpha value is -0.680. The van der Waals surface area contributed by atoms with E-state index in [1.165, 1.54) is 0 Å². The van der Waals surface area contributed by atoms with Crippen LogP contribution in [-0.2, 0) is 0 Å². The van der Waals surface area contributed by atoms with Gasteiger partial charge in [-0.3, -0.25) is 0 Å². The Kier molecular flexibility index (Phi) is 5.99. The van der Waals surface area contributed by atoms with Crippen molar-refractivity contribution in [1.82, 2.24) is 0 Å². The normalized spacial score (nSPS) is 12.6. The quantitative estimate of drug-likeness (QED) is 0.400. The van der Waals surface area contributed by atoms with Crippen LogP contribution in [0.4, 0.5) is 0 Å². The number of hydrogen-bond donors (Lipinski definition) is 0. The van der Waals surface area contributed by atoms with Crippen molar-refractivity contribution in [2.75, 3.05) is 0 Å². The number of benzene rings is 2. The summed E-state index contributed by atoms with van der Waals surface area (Å²) in [5, 5.41) is 8.56. The van der Waals surface area contributed by atoms with Crippen LogP contribution in [-0.4, -0.2) is 10.3 Å². The molecule has 0 aliphatic rings. The summed E-state index contributed by atoms with van der Waals surface area (Å²) >= 11 is 19.1. The molecule has 2 nitrogen and oxygen atoms in total. The fourth-order valence-corrected chi connectivity index (χ4v) is 3.37. The van der Waals surface area contributed by atoms with Gasteiger partial charge >= 0.3 is 0 Å². The summed E-state index contributed by atoms with van der Waals surface area (Å²) in [6.45, 7) is 1.96. The lowest BCUT2D eigenvalue weighted by Gasteiger charge is -2.02. The van der Waals surface area contributed by atoms with Crippen molar-refractivity contribution < 1.29 is 0 Å². The SMILES string of the molecule is Cc1ccccc1C(Cl)=NN=C(Cl)c1cc(Br)cc(Br)c1. The van der Waals surface area contributed by atoms with Gasteiger partial charge in [0, 0.05) is 20.1 Å². The molecule has 0 heterocycles. The van der Waals surface area contributed by atoms with Crippen LogP contribution in [0.25, 0.3) is 0 Å². The molecule has 0 aliphatic carbocycles. The van der Waals surface area contributed by atoms with Gasteiger partial charge in [-0.25, -0.2) is 0 Å². The highest BCUT2D eigenvalue weighted by Gasteiger charge is 2.05. The molecule has 0 bridgehead atoms. The minimum Gasteiger partial charge on any atom is -0.136 e. The van der Waals surface area contributed by atoms with Gasteiger partial charge in [-0.1, -0.05) is 79.3 Å². The van der Waals surface area contributed by atoms with Crippen LogP contribution in [0.5, 0.6) is 0 Å². The molecule has 0 aliphatic heterocycles. The Balaban J connectivity index is 2.31. The molecule has 6 heteroatoms. The number of nitrogens with zero attached hydrogens (tertiary/aromatic N) is 2. The van der Waals surface area contributed by atoms with E-state index in [0.29, 0.717) is 5.17 Å². The predicted octanol–water partition coefficient (Wildman–Crippen LogP) is 6.11. The Morgan fingerprint density at radius 2 is 1.48 bits per heavy atom. The third-order valence-corrected chi connectivity index (χ3v) is 4.18. The highest BCUT2D eigenvalue weighted by Crippen LogP contribution is 2.21. The molecule has 2 aromatic rings. The Labute approximate surface area is 150 Å². The molecule has 21 heavy (non-hydrogen) atoms. The monoisotopic (exact) mass is 446 g/mol. The van der Waals surface area contributed by atoms with Gasteiger partial charge in [0.2, 0.25) is 0 Å². The fourth-order valence-electron chi connectivity index (χ4n) is 1.68. The van der Waals surface area contributed by atoms with E-state index in [9.17, 15) is 0 Å². The first-order valence-electron chi connectivity index (χ1n) is 5.96. The summed E-state index contributed by atoms with van der Waals surface area (Å²) in [5.74, 6) is 0. The van der Waals surface area contributed by atoms with Gasteiger partial charge in [-0.15, -0.1) is 10.2 Å². The van der Waals surface area contributed by atoms with Crippen molar-refractivity contribution in [2.45, 2.75) is 6.92 Å². The molecule has 2 rings (SSSR count). The predicted molar refractivity (Wildman–Crippen MR) is 97.8 cm³/mol. The summed E-state index contributed by atoms with van der Waals surface area (Å²) in [6, 6.07) is 13.3. The second-order valence-corrected chi connectivity index (χ2v) is 6.80. The number of halogens is 4. The molecule has 0 N–H and O–H groups in total. The van der Waals surface area contributed by atoms with E-state index in [4.69, 9.17) is 23.2 Å². The van der Waals surface area contributed by atoms with E-state index in [-0.39, 0.29) is 5.17 Å². The van der Waals surface area contributed by atoms with Gasteiger partial charge in [0.05, 0.1) is 0 Å². The summed E-state index contributed by atoms with van der Waals surface area (Å²) < 4.78 is 1.79. The Morgan fingerprint density at radius 3 is 2.10 bits per heavy atom. The lowest BCUT2D eigenvalue weighted by atomic mass is 10.1. The molecular formula is C15H10Br2Cl2N2. The lowest BCUT2D eigenvalue weighted by molar-refractivity contribution is 1.25. The minimum atomic E-state index is 0.267. The maximum atomic E-state index is 6.17. The van der Waals surface area contributed by atoms with Gasteiger partial charge in [-0.2, -0.15) is 0 Å². The van der Waals surface area contributed by atoms with Gasteiger partial charge in [0.1, 0.15) is 0 Å². The standard InChI is InChI=1S/C15H10Br2Cl2N2/c1-9-4-2-3-5-13(9)15(19)21-20-14(18)10-6-11(16)8-12(17)7-10/h2-8H,1H3. The van der Waals surface area contributed by atoms with Crippen LogP contribution in [0.1, 0.15) is 16.7 Å². The number of rotatable bonds is 3. The Morgan fingerprint density at radius 1 is 0.905 bits per heavy atom. The van der Waals surface area contributed by atoms with Crippen molar-refractivity contribution in [1.29, 1.82) is 0 Å². The second-order valence-electron chi connectivity index (χ2n) is 4.25. The van der Waals surface area contributed by atoms with Crippen LogP contribution in [0.2, 0.25) is 0 Å². The molecular weight excluding hydrogens is 439 g/mol. The maximum Gasteiger partial charge on any atom is 0.159 e. The number of hydrogen-bond acceptors (Lipinski definition) is 2. The zero-order valence-corrected chi connectivity index (χ0v) is 15.6. The van der Waals surface area contributed by atoms with Crippen molar-refractivity contribution >= 4 is 65.4 Å². The van der Waals surface area contributed by atoms with Gasteiger partial charge in [0.25, 0.3) is 0 Å². The number of aryl methyl sites for hydroxylation is 1. The highest BCUT2D eigenvalue weighted by atomic mass is 79.9. The fraction of sp³-hybridized carbons (Fsp3) is 0.0667. The molecule has 0 atom stereocenters. The molecule has 0 radical (unpaired) electrons. The summed E-state index contributed by atoms with van der Waals surface area (Å²) in [4.78, 5) is 0. The van der Waals surface area contributed by atoms with Crippen LogP contribution in [0, 0.1) is 6.92 Å². The van der Waals surface area contributed by atoms with Crippen molar-refractivity contribution in [3.8, 4) is 0 Å². The molecule has 0 saturated heterocycles. The van der Waals surface area contributed by atoms with Crippen LogP contribution >= 0.6 is 55.1 Å². The molecule has 0 unspecified atom stereocenters. The topological polar surface area (TPSA) is 24.7 Å². The van der Waals surface area contributed by atoms with Gasteiger partial charge in [-0.05, 0) is 30.7 Å². The smallest absolute Gasteiger partial charge is 0.136 e. The van der Waals surface area contributed by atoms with Crippen molar-refractivity contribution in [2.24, 2.45) is 10.2 Å². The Bertz CT molecular complexity index is 707. The minimum absolute atomic E-state index is 0.267. The summed E-state index contributed by atoms with van der Waals surface area (Å²) in [7, 11) is 0. The molecule has 0 amide bonds. The molecule has 0 fully saturated rings. The summed E-state index contributed by atoms with van der Waals surface area (Å²) in [5.41, 5.74) is 2.61. The highest BCUT2D eigenvalue weighted by molar-refractivity contribution is 9.11. The van der Waals surface area contributed by atoms with E-state index in [1.807, 2.05) is 49.4 Å². The molecule has 2 aromatic carbocycles. The lowest BCUT2D eigenvalue weighted by Crippen LogP contribution is -1.95. The largest absolute Gasteiger partial charge is 0.159 e. The van der Waals surface area contributed by atoms with Crippen LogP contribution in [0.15, 0.2) is 61.6 Å². The molecule has 108 valence electrons. The van der Waals surface area contributed by atoms with E-state index in [1.54, 1.807) is 0 Å². The van der Waals surface area contributed by atoms with Crippen LogP contribution in [0.3, 0.4) is 0 Å². The third-order valence-electron chi connectivity index (χ3n) is 2.69. The van der Waals surface area contributed by atoms with Gasteiger partial charge < -0.3 is 0 Å². The van der Waals surface area contributed by atoms with Crippen molar-refractivity contribution in [3.05, 3.63) is 68.1 Å². The average Bonchev–Trinajstić information content (AvgIpc) is 2.43.